The number of benzene rings is 1. The lowest BCUT2D eigenvalue weighted by molar-refractivity contribution is 0.142. The molecule has 2 rings (SSSR count). The molecule has 0 bridgehead atoms. The normalized spacial score (nSPS) is 20.0. The van der Waals surface area contributed by atoms with Crippen molar-refractivity contribution in [2.24, 2.45) is 11.7 Å². The summed E-state index contributed by atoms with van der Waals surface area (Å²) < 4.78 is 40.2. The molecule has 0 spiro atoms. The van der Waals surface area contributed by atoms with E-state index in [1.54, 1.807) is 0 Å². The molecule has 1 aromatic rings. The topological polar surface area (TPSA) is 26.0 Å². The molecule has 0 radical (unpaired) electrons. The van der Waals surface area contributed by atoms with Crippen molar-refractivity contribution in [3.63, 3.8) is 0 Å². The first-order valence-corrected chi connectivity index (χ1v) is 4.92. The Bertz CT molecular complexity index is 356. The summed E-state index contributed by atoms with van der Waals surface area (Å²) >= 11 is 0. The maximum Gasteiger partial charge on any atom is 0.151 e. The molecule has 0 saturated heterocycles. The lowest BCUT2D eigenvalue weighted by atomic mass is 9.90. The number of alkyl halides is 1. The Labute approximate surface area is 86.1 Å². The number of hydrogen-bond donors (Lipinski definition) is 1. The minimum absolute atomic E-state index is 0.0185. The zero-order chi connectivity index (χ0) is 11.1. The molecular weight excluding hydrogens is 203 g/mol. The molecule has 1 aromatic carbocycles. The Kier molecular flexibility index (Phi) is 2.46. The molecule has 0 amide bonds. The predicted octanol–water partition coefficient (Wildman–Crippen LogP) is 2.50. The maximum atomic E-state index is 14.3. The first kappa shape index (κ1) is 10.5. The van der Waals surface area contributed by atoms with Gasteiger partial charge in [0.1, 0.15) is 11.6 Å². The zero-order valence-electron chi connectivity index (χ0n) is 8.14. The lowest BCUT2D eigenvalue weighted by Gasteiger charge is -2.24. The van der Waals surface area contributed by atoms with Gasteiger partial charge in [-0.15, -0.1) is 0 Å². The van der Waals surface area contributed by atoms with Crippen LogP contribution in [0.3, 0.4) is 0 Å². The van der Waals surface area contributed by atoms with Crippen molar-refractivity contribution in [1.82, 2.24) is 0 Å². The summed E-state index contributed by atoms with van der Waals surface area (Å²) in [6, 6.07) is 2.77. The molecule has 2 N–H and O–H groups in total. The van der Waals surface area contributed by atoms with E-state index in [9.17, 15) is 13.2 Å². The Hall–Kier alpha value is -1.03. The molecule has 1 atom stereocenters. The van der Waals surface area contributed by atoms with Gasteiger partial charge in [0.25, 0.3) is 0 Å². The number of nitrogens with two attached hydrogens (primary N) is 1. The third kappa shape index (κ3) is 1.86. The molecule has 0 aromatic heterocycles. The van der Waals surface area contributed by atoms with E-state index < -0.39 is 17.3 Å². The first-order chi connectivity index (χ1) is 7.06. The molecular formula is C11H12F3N. The van der Waals surface area contributed by atoms with Crippen LogP contribution in [0.15, 0.2) is 18.2 Å². The number of rotatable bonds is 3. The second-order valence-electron chi connectivity index (χ2n) is 4.00. The van der Waals surface area contributed by atoms with Gasteiger partial charge in [0, 0.05) is 12.6 Å². The lowest BCUT2D eigenvalue weighted by Crippen LogP contribution is -2.32. The second kappa shape index (κ2) is 3.52. The zero-order valence-corrected chi connectivity index (χ0v) is 8.14. The molecule has 1 unspecified atom stereocenters. The number of halogens is 3. The molecule has 0 heterocycles. The van der Waals surface area contributed by atoms with Crippen molar-refractivity contribution < 1.29 is 13.2 Å². The monoisotopic (exact) mass is 215 g/mol. The fourth-order valence-electron chi connectivity index (χ4n) is 1.85. The largest absolute Gasteiger partial charge is 0.327 e. The fourth-order valence-corrected chi connectivity index (χ4v) is 1.85. The quantitative estimate of drug-likeness (QED) is 0.823. The highest BCUT2D eigenvalue weighted by atomic mass is 19.1. The van der Waals surface area contributed by atoms with Gasteiger partial charge in [-0.2, -0.15) is 0 Å². The van der Waals surface area contributed by atoms with Crippen LogP contribution in [0.4, 0.5) is 13.2 Å². The molecule has 1 fully saturated rings. The Morgan fingerprint density at radius 3 is 2.13 bits per heavy atom. The summed E-state index contributed by atoms with van der Waals surface area (Å²) in [5.41, 5.74) is 3.60. The highest BCUT2D eigenvalue weighted by Gasteiger charge is 2.46. The minimum Gasteiger partial charge on any atom is -0.327 e. The van der Waals surface area contributed by atoms with Crippen LogP contribution in [0.5, 0.6) is 0 Å². The summed E-state index contributed by atoms with van der Waals surface area (Å²) in [6.45, 7) is -0.236. The van der Waals surface area contributed by atoms with Crippen molar-refractivity contribution >= 4 is 0 Å². The van der Waals surface area contributed by atoms with E-state index in [0.29, 0.717) is 0 Å². The van der Waals surface area contributed by atoms with Crippen LogP contribution in [0.1, 0.15) is 18.4 Å². The molecule has 1 aliphatic carbocycles. The molecule has 4 heteroatoms. The van der Waals surface area contributed by atoms with E-state index >= 15 is 0 Å². The number of hydrogen-bond acceptors (Lipinski definition) is 1. The van der Waals surface area contributed by atoms with E-state index in [1.165, 1.54) is 0 Å². The molecule has 82 valence electrons. The van der Waals surface area contributed by atoms with E-state index in [4.69, 9.17) is 5.73 Å². The summed E-state index contributed by atoms with van der Waals surface area (Å²) in [5.74, 6) is -1.72. The highest BCUT2D eigenvalue weighted by molar-refractivity contribution is 5.27. The van der Waals surface area contributed by atoms with Crippen LogP contribution in [0, 0.1) is 17.6 Å². The van der Waals surface area contributed by atoms with Crippen molar-refractivity contribution in [2.45, 2.75) is 18.5 Å². The van der Waals surface area contributed by atoms with Gasteiger partial charge in [-0.3, -0.25) is 0 Å². The Morgan fingerprint density at radius 1 is 1.20 bits per heavy atom. The smallest absolute Gasteiger partial charge is 0.151 e. The van der Waals surface area contributed by atoms with Crippen molar-refractivity contribution in [2.75, 3.05) is 6.54 Å². The van der Waals surface area contributed by atoms with Crippen LogP contribution < -0.4 is 5.73 Å². The second-order valence-corrected chi connectivity index (χ2v) is 4.00. The summed E-state index contributed by atoms with van der Waals surface area (Å²) in [4.78, 5) is 0. The fraction of sp³-hybridized carbons (Fsp3) is 0.455. The SMILES string of the molecule is NCC(F)(c1cc(F)cc(F)c1)C1CC1. The summed E-state index contributed by atoms with van der Waals surface area (Å²) in [5, 5.41) is 0. The van der Waals surface area contributed by atoms with Crippen LogP contribution >= 0.6 is 0 Å². The van der Waals surface area contributed by atoms with Crippen molar-refractivity contribution in [1.29, 1.82) is 0 Å². The van der Waals surface area contributed by atoms with E-state index in [2.05, 4.69) is 0 Å². The molecule has 15 heavy (non-hydrogen) atoms. The van der Waals surface area contributed by atoms with E-state index in [0.717, 1.165) is 31.0 Å². The molecule has 0 aliphatic heterocycles. The van der Waals surface area contributed by atoms with Crippen LogP contribution in [-0.2, 0) is 5.67 Å². The van der Waals surface area contributed by atoms with E-state index in [1.807, 2.05) is 0 Å². The van der Waals surface area contributed by atoms with Gasteiger partial charge in [0.05, 0.1) is 0 Å². The highest BCUT2D eigenvalue weighted by Crippen LogP contribution is 2.48. The summed E-state index contributed by atoms with van der Waals surface area (Å²) in [7, 11) is 0. The van der Waals surface area contributed by atoms with E-state index in [-0.39, 0.29) is 18.0 Å². The Morgan fingerprint density at radius 2 is 1.73 bits per heavy atom. The van der Waals surface area contributed by atoms with Gasteiger partial charge in [0.15, 0.2) is 5.67 Å². The van der Waals surface area contributed by atoms with Crippen LogP contribution in [-0.4, -0.2) is 6.54 Å². The standard InChI is InChI=1S/C11H12F3N/c12-9-3-8(4-10(13)5-9)11(14,6-15)7-1-2-7/h3-5,7H,1-2,6,15H2. The third-order valence-electron chi connectivity index (χ3n) is 2.86. The maximum absolute atomic E-state index is 14.3. The van der Waals surface area contributed by atoms with Gasteiger partial charge < -0.3 is 5.73 Å². The minimum atomic E-state index is -1.77. The van der Waals surface area contributed by atoms with Crippen molar-refractivity contribution in [3.05, 3.63) is 35.4 Å². The van der Waals surface area contributed by atoms with Gasteiger partial charge in [-0.05, 0) is 36.5 Å². The Balaban J connectivity index is 2.41. The first-order valence-electron chi connectivity index (χ1n) is 4.92. The average Bonchev–Trinajstić information content (AvgIpc) is 2.98. The van der Waals surface area contributed by atoms with Gasteiger partial charge in [0.2, 0.25) is 0 Å². The van der Waals surface area contributed by atoms with Gasteiger partial charge in [-0.25, -0.2) is 13.2 Å². The molecule has 1 nitrogen and oxygen atoms in total. The van der Waals surface area contributed by atoms with Gasteiger partial charge in [-0.1, -0.05) is 0 Å². The third-order valence-corrected chi connectivity index (χ3v) is 2.86. The average molecular weight is 215 g/mol. The molecule has 1 aliphatic rings. The predicted molar refractivity (Wildman–Crippen MR) is 50.9 cm³/mol. The van der Waals surface area contributed by atoms with Crippen molar-refractivity contribution in [3.8, 4) is 0 Å². The van der Waals surface area contributed by atoms with Gasteiger partial charge >= 0.3 is 0 Å². The van der Waals surface area contributed by atoms with Crippen LogP contribution in [0.25, 0.3) is 0 Å². The summed E-state index contributed by atoms with van der Waals surface area (Å²) in [6.07, 6.45) is 1.46. The molecule has 1 saturated carbocycles. The van der Waals surface area contributed by atoms with Crippen LogP contribution in [0.2, 0.25) is 0 Å².